The number of hydrogen-bond acceptors (Lipinski definition) is 12. The van der Waals surface area contributed by atoms with E-state index in [-0.39, 0.29) is 12.8 Å². The quantitative estimate of drug-likeness (QED) is 0.0145. The number of ether oxygens (including phenoxy) is 2. The van der Waals surface area contributed by atoms with Gasteiger partial charge in [-0.05, 0) is 38.5 Å². The summed E-state index contributed by atoms with van der Waals surface area (Å²) in [5.74, 6) is -1.09. The molecule has 0 saturated heterocycles. The van der Waals surface area contributed by atoms with Gasteiger partial charge in [0.25, 0.3) is 0 Å². The second-order valence-corrected chi connectivity index (χ2v) is 20.1. The zero-order valence-corrected chi connectivity index (χ0v) is 41.9. The molecule has 0 heterocycles. The summed E-state index contributed by atoms with van der Waals surface area (Å²) in [6.07, 6.45) is 32.6. The van der Waals surface area contributed by atoms with E-state index in [9.17, 15) is 44.6 Å². The van der Waals surface area contributed by atoms with Crippen molar-refractivity contribution in [2.45, 2.75) is 288 Å². The summed E-state index contributed by atoms with van der Waals surface area (Å²) in [4.78, 5) is 35.8. The Bertz CT molecular complexity index is 1190. The highest BCUT2D eigenvalue weighted by Crippen LogP contribution is 2.47. The monoisotopic (exact) mass is 949 g/mol. The number of hydrogen-bond donors (Lipinski definition) is 6. The normalized spacial score (nSPS) is 21.4. The molecule has 1 rings (SSSR count). The minimum atomic E-state index is -5.12. The predicted octanol–water partition coefficient (Wildman–Crippen LogP) is 11.4. The van der Waals surface area contributed by atoms with E-state index in [1.807, 2.05) is 0 Å². The Balaban J connectivity index is 2.36. The van der Waals surface area contributed by atoms with Crippen molar-refractivity contribution in [3.05, 3.63) is 12.2 Å². The molecule has 1 aliphatic carbocycles. The molecule has 0 aromatic carbocycles. The molecule has 6 unspecified atom stereocenters. The maximum absolute atomic E-state index is 12.8. The Labute approximate surface area is 394 Å². The SMILES string of the molecule is CCCCCCCC/C=C/CCCCCCCC(=O)OC[C@H](COP(=O)(O)OC1C(O)C(O)C(O)[C@@H](O)C1O)OC(=O)CCCCCCCCCCCCCCCCCCCCCCC. The molecular weight excluding hydrogens is 852 g/mol. The standard InChI is InChI=1S/C51H97O13P/c1-3-5-7-9-11-13-15-17-19-20-21-22-23-24-26-28-30-32-34-36-38-40-45(53)63-43(42-62-65(59,60)64-51-49(57)47(55)46(54)48(56)50(51)58)41-61-44(52)39-37-35-33-31-29-27-25-18-16-14-12-10-8-6-4-2/h18,25,43,46-51,54-58H,3-17,19-24,26-42H2,1-2H3,(H,59,60)/b25-18+/t43-,46?,47-,48?,49?,50?,51?/m1/s1. The van der Waals surface area contributed by atoms with Crippen LogP contribution in [-0.4, -0.2) is 98.3 Å². The largest absolute Gasteiger partial charge is 0.472 e. The van der Waals surface area contributed by atoms with Gasteiger partial charge < -0.3 is 39.9 Å². The Hall–Kier alpha value is -1.41. The lowest BCUT2D eigenvalue weighted by Crippen LogP contribution is -2.64. The smallest absolute Gasteiger partial charge is 0.462 e. The zero-order valence-electron chi connectivity index (χ0n) is 41.1. The highest BCUT2D eigenvalue weighted by atomic mass is 31.2. The first kappa shape index (κ1) is 61.6. The van der Waals surface area contributed by atoms with Crippen LogP contribution in [0.5, 0.6) is 0 Å². The maximum atomic E-state index is 12.8. The molecule has 1 saturated carbocycles. The van der Waals surface area contributed by atoms with Crippen LogP contribution in [-0.2, 0) is 32.7 Å². The van der Waals surface area contributed by atoms with Crippen molar-refractivity contribution < 1.29 is 63.1 Å². The van der Waals surface area contributed by atoms with Crippen LogP contribution >= 0.6 is 7.82 Å². The molecule has 13 nitrogen and oxygen atoms in total. The van der Waals surface area contributed by atoms with Crippen LogP contribution in [0.2, 0.25) is 0 Å². The molecule has 384 valence electrons. The van der Waals surface area contributed by atoms with E-state index in [4.69, 9.17) is 18.5 Å². The number of allylic oxidation sites excluding steroid dienone is 2. The van der Waals surface area contributed by atoms with Crippen molar-refractivity contribution in [1.82, 2.24) is 0 Å². The van der Waals surface area contributed by atoms with Gasteiger partial charge in [0.2, 0.25) is 0 Å². The number of rotatable bonds is 45. The van der Waals surface area contributed by atoms with Crippen LogP contribution in [0.3, 0.4) is 0 Å². The summed E-state index contributed by atoms with van der Waals surface area (Å²) < 4.78 is 33.6. The van der Waals surface area contributed by atoms with Gasteiger partial charge in [0, 0.05) is 12.8 Å². The fourth-order valence-corrected chi connectivity index (χ4v) is 9.32. The first-order valence-electron chi connectivity index (χ1n) is 26.5. The van der Waals surface area contributed by atoms with Gasteiger partial charge in [0.1, 0.15) is 43.2 Å². The number of unbranched alkanes of at least 4 members (excludes halogenated alkanes) is 31. The van der Waals surface area contributed by atoms with Crippen molar-refractivity contribution in [2.75, 3.05) is 13.2 Å². The molecule has 0 aromatic rings. The van der Waals surface area contributed by atoms with E-state index in [0.29, 0.717) is 12.8 Å². The highest BCUT2D eigenvalue weighted by Gasteiger charge is 2.51. The molecule has 0 aliphatic heterocycles. The molecule has 0 spiro atoms. The molecule has 1 aliphatic rings. The second-order valence-electron chi connectivity index (χ2n) is 18.7. The Kier molecular flexibility index (Phi) is 39.4. The number of phosphoric acid groups is 1. The predicted molar refractivity (Wildman–Crippen MR) is 258 cm³/mol. The number of carbonyl (C=O) groups is 2. The van der Waals surface area contributed by atoms with E-state index < -0.39 is 75.7 Å². The van der Waals surface area contributed by atoms with Gasteiger partial charge in [0.15, 0.2) is 6.10 Å². The van der Waals surface area contributed by atoms with E-state index in [1.165, 1.54) is 148 Å². The number of aliphatic hydroxyl groups is 5. The zero-order chi connectivity index (χ0) is 47.8. The lowest BCUT2D eigenvalue weighted by atomic mass is 9.85. The third-order valence-electron chi connectivity index (χ3n) is 12.6. The first-order valence-corrected chi connectivity index (χ1v) is 28.0. The molecule has 8 atom stereocenters. The maximum Gasteiger partial charge on any atom is 0.472 e. The first-order chi connectivity index (χ1) is 31.4. The Morgan fingerprint density at radius 2 is 0.785 bits per heavy atom. The van der Waals surface area contributed by atoms with Crippen molar-refractivity contribution in [3.63, 3.8) is 0 Å². The lowest BCUT2D eigenvalue weighted by molar-refractivity contribution is -0.220. The Morgan fingerprint density at radius 1 is 0.462 bits per heavy atom. The van der Waals surface area contributed by atoms with E-state index in [2.05, 4.69) is 26.0 Å². The van der Waals surface area contributed by atoms with Gasteiger partial charge in [-0.1, -0.05) is 206 Å². The van der Waals surface area contributed by atoms with E-state index in [0.717, 1.165) is 57.8 Å². The summed E-state index contributed by atoms with van der Waals surface area (Å²) in [5.41, 5.74) is 0. The second kappa shape index (κ2) is 41.6. The van der Waals surface area contributed by atoms with Crippen LogP contribution in [0.4, 0.5) is 0 Å². The molecule has 1 fully saturated rings. The average Bonchev–Trinajstić information content (AvgIpc) is 3.29. The van der Waals surface area contributed by atoms with Gasteiger partial charge in [-0.2, -0.15) is 0 Å². The summed E-state index contributed by atoms with van der Waals surface area (Å²) in [5, 5.41) is 50.3. The van der Waals surface area contributed by atoms with Crippen molar-refractivity contribution in [1.29, 1.82) is 0 Å². The average molecular weight is 949 g/mol. The third kappa shape index (κ3) is 33.7. The Morgan fingerprint density at radius 3 is 1.17 bits per heavy atom. The van der Waals surface area contributed by atoms with Crippen LogP contribution in [0.15, 0.2) is 12.2 Å². The number of phosphoric ester groups is 1. The summed E-state index contributed by atoms with van der Waals surface area (Å²) in [6, 6.07) is 0. The fourth-order valence-electron chi connectivity index (χ4n) is 8.34. The molecule has 65 heavy (non-hydrogen) atoms. The van der Waals surface area contributed by atoms with Gasteiger partial charge in [-0.15, -0.1) is 0 Å². The molecule has 6 N–H and O–H groups in total. The number of aliphatic hydroxyl groups excluding tert-OH is 5. The van der Waals surface area contributed by atoms with Gasteiger partial charge in [-0.3, -0.25) is 18.6 Å². The van der Waals surface area contributed by atoms with Crippen LogP contribution in [0.1, 0.15) is 245 Å². The molecule has 14 heteroatoms. The van der Waals surface area contributed by atoms with E-state index >= 15 is 0 Å². The molecule has 0 amide bonds. The lowest BCUT2D eigenvalue weighted by Gasteiger charge is -2.41. The third-order valence-corrected chi connectivity index (χ3v) is 13.6. The van der Waals surface area contributed by atoms with E-state index in [1.54, 1.807) is 0 Å². The van der Waals surface area contributed by atoms with Crippen molar-refractivity contribution in [2.24, 2.45) is 0 Å². The summed E-state index contributed by atoms with van der Waals surface area (Å²) in [7, 11) is -5.12. The summed E-state index contributed by atoms with van der Waals surface area (Å²) in [6.45, 7) is 3.33. The minimum absolute atomic E-state index is 0.101. The topological polar surface area (TPSA) is 210 Å². The van der Waals surface area contributed by atoms with Crippen LogP contribution < -0.4 is 0 Å². The number of carbonyl (C=O) groups excluding carboxylic acids is 2. The van der Waals surface area contributed by atoms with Gasteiger partial charge >= 0.3 is 19.8 Å². The number of esters is 2. The van der Waals surface area contributed by atoms with Crippen molar-refractivity contribution in [3.8, 4) is 0 Å². The van der Waals surface area contributed by atoms with Crippen molar-refractivity contribution >= 4 is 19.8 Å². The van der Waals surface area contributed by atoms with Crippen LogP contribution in [0.25, 0.3) is 0 Å². The molecular formula is C51H97O13P. The summed E-state index contributed by atoms with van der Waals surface area (Å²) >= 11 is 0. The fraction of sp³-hybridized carbons (Fsp3) is 0.922. The van der Waals surface area contributed by atoms with Gasteiger partial charge in [0.05, 0.1) is 6.61 Å². The molecule has 0 aromatic heterocycles. The molecule has 0 bridgehead atoms. The van der Waals surface area contributed by atoms with Gasteiger partial charge in [-0.25, -0.2) is 4.57 Å². The highest BCUT2D eigenvalue weighted by molar-refractivity contribution is 7.47. The molecule has 0 radical (unpaired) electrons. The minimum Gasteiger partial charge on any atom is -0.462 e. The van der Waals surface area contributed by atoms with Crippen LogP contribution in [0, 0.1) is 0 Å².